The summed E-state index contributed by atoms with van der Waals surface area (Å²) in [7, 11) is -4.23. The second-order valence-electron chi connectivity index (χ2n) is 10.7. The Labute approximate surface area is 252 Å². The Morgan fingerprint density at radius 3 is 2.24 bits per heavy atom. The van der Waals surface area contributed by atoms with E-state index in [2.05, 4.69) is 5.32 Å². The van der Waals surface area contributed by atoms with Gasteiger partial charge < -0.3 is 10.2 Å². The minimum atomic E-state index is -4.23. The van der Waals surface area contributed by atoms with Crippen molar-refractivity contribution in [3.05, 3.63) is 94.8 Å². The first-order valence-corrected chi connectivity index (χ1v) is 16.1. The van der Waals surface area contributed by atoms with E-state index in [9.17, 15) is 22.4 Å². The summed E-state index contributed by atoms with van der Waals surface area (Å²) < 4.78 is 42.6. The van der Waals surface area contributed by atoms with E-state index in [1.54, 1.807) is 36.4 Å². The number of aryl methyl sites for hydroxylation is 1. The Bertz CT molecular complexity index is 1480. The number of nitrogens with zero attached hydrogens (tertiary/aromatic N) is 2. The highest BCUT2D eigenvalue weighted by atomic mass is 35.5. The molecule has 224 valence electrons. The van der Waals surface area contributed by atoms with Crippen molar-refractivity contribution in [1.82, 2.24) is 10.2 Å². The molecule has 2 amide bonds. The molecule has 1 saturated carbocycles. The molecule has 42 heavy (non-hydrogen) atoms. The van der Waals surface area contributed by atoms with Gasteiger partial charge in [0.05, 0.1) is 10.6 Å². The molecule has 0 spiro atoms. The van der Waals surface area contributed by atoms with Crippen molar-refractivity contribution in [3.8, 4) is 0 Å². The third-order valence-corrected chi connectivity index (χ3v) is 9.80. The molecule has 0 bridgehead atoms. The lowest BCUT2D eigenvalue weighted by Crippen LogP contribution is -2.54. The van der Waals surface area contributed by atoms with E-state index in [-0.39, 0.29) is 29.1 Å². The third-order valence-electron chi connectivity index (χ3n) is 7.64. The molecule has 0 aromatic heterocycles. The lowest BCUT2D eigenvalue weighted by atomic mass is 9.95. The predicted molar refractivity (Wildman–Crippen MR) is 163 cm³/mol. The molecule has 7 nitrogen and oxygen atoms in total. The smallest absolute Gasteiger partial charge is 0.264 e. The quantitative estimate of drug-likeness (QED) is 0.277. The zero-order chi connectivity index (χ0) is 30.3. The van der Waals surface area contributed by atoms with Crippen LogP contribution in [-0.4, -0.2) is 43.8 Å². The molecule has 1 unspecified atom stereocenters. The normalized spacial score (nSPS) is 14.7. The number of carbonyl (C=O) groups excluding carboxylic acids is 2. The number of rotatable bonds is 11. The van der Waals surface area contributed by atoms with Crippen LogP contribution in [0.5, 0.6) is 0 Å². The van der Waals surface area contributed by atoms with Crippen LogP contribution in [0.3, 0.4) is 0 Å². The molecule has 3 aromatic rings. The van der Waals surface area contributed by atoms with Crippen LogP contribution >= 0.6 is 11.6 Å². The summed E-state index contributed by atoms with van der Waals surface area (Å²) in [5, 5.41) is 3.55. The van der Waals surface area contributed by atoms with Crippen molar-refractivity contribution in [2.75, 3.05) is 10.8 Å². The minimum absolute atomic E-state index is 0.00929. The van der Waals surface area contributed by atoms with E-state index in [1.165, 1.54) is 29.2 Å². The molecule has 3 aromatic carbocycles. The molecule has 0 saturated heterocycles. The highest BCUT2D eigenvalue weighted by molar-refractivity contribution is 7.92. The number of hydrogen-bond donors (Lipinski definition) is 1. The molecule has 0 heterocycles. The number of sulfonamides is 1. The number of amides is 2. The highest BCUT2D eigenvalue weighted by Gasteiger charge is 2.34. The maximum Gasteiger partial charge on any atom is 0.264 e. The molecular formula is C32H37ClFN3O4S. The van der Waals surface area contributed by atoms with Gasteiger partial charge in [0.25, 0.3) is 10.0 Å². The van der Waals surface area contributed by atoms with E-state index in [0.29, 0.717) is 17.0 Å². The number of halogens is 2. The average molecular weight is 614 g/mol. The number of benzene rings is 3. The van der Waals surface area contributed by atoms with Crippen molar-refractivity contribution in [3.63, 3.8) is 0 Å². The average Bonchev–Trinajstić information content (AvgIpc) is 2.98. The number of hydrogen-bond acceptors (Lipinski definition) is 4. The molecular weight excluding hydrogens is 577 g/mol. The maximum atomic E-state index is 14.2. The Kier molecular flexibility index (Phi) is 10.6. The van der Waals surface area contributed by atoms with Crippen molar-refractivity contribution in [1.29, 1.82) is 0 Å². The summed E-state index contributed by atoms with van der Waals surface area (Å²) in [6.07, 6.45) is 5.29. The summed E-state index contributed by atoms with van der Waals surface area (Å²) in [4.78, 5) is 29.2. The van der Waals surface area contributed by atoms with Crippen molar-refractivity contribution in [2.24, 2.45) is 0 Å². The van der Waals surface area contributed by atoms with Gasteiger partial charge in [0.1, 0.15) is 18.4 Å². The fraction of sp³-hybridized carbons (Fsp3) is 0.375. The lowest BCUT2D eigenvalue weighted by molar-refractivity contribution is -0.140. The summed E-state index contributed by atoms with van der Waals surface area (Å²) in [5.74, 6) is -1.40. The van der Waals surface area contributed by atoms with Crippen molar-refractivity contribution in [2.45, 2.75) is 75.9 Å². The first-order valence-electron chi connectivity index (χ1n) is 14.3. The molecule has 1 aliphatic rings. The molecule has 0 aliphatic heterocycles. The monoisotopic (exact) mass is 613 g/mol. The zero-order valence-electron chi connectivity index (χ0n) is 23.9. The Hall–Kier alpha value is -3.43. The van der Waals surface area contributed by atoms with Gasteiger partial charge in [-0.2, -0.15) is 0 Å². The van der Waals surface area contributed by atoms with Gasteiger partial charge in [0, 0.05) is 17.6 Å². The molecule has 0 radical (unpaired) electrons. The largest absolute Gasteiger partial charge is 0.352 e. The van der Waals surface area contributed by atoms with Gasteiger partial charge in [0.2, 0.25) is 11.8 Å². The Balaban J connectivity index is 1.71. The van der Waals surface area contributed by atoms with E-state index in [1.807, 2.05) is 13.8 Å². The van der Waals surface area contributed by atoms with Crippen molar-refractivity contribution >= 4 is 39.1 Å². The fourth-order valence-electron chi connectivity index (χ4n) is 5.25. The van der Waals surface area contributed by atoms with E-state index >= 15 is 0 Å². The summed E-state index contributed by atoms with van der Waals surface area (Å²) in [6.45, 7) is 3.07. The summed E-state index contributed by atoms with van der Waals surface area (Å²) in [6, 6.07) is 17.4. The maximum absolute atomic E-state index is 14.2. The van der Waals surface area contributed by atoms with Crippen LogP contribution in [0.25, 0.3) is 0 Å². The van der Waals surface area contributed by atoms with Gasteiger partial charge >= 0.3 is 0 Å². The van der Waals surface area contributed by atoms with Crippen LogP contribution in [0.2, 0.25) is 5.02 Å². The summed E-state index contributed by atoms with van der Waals surface area (Å²) >= 11 is 6.46. The van der Waals surface area contributed by atoms with Crippen LogP contribution in [-0.2, 0) is 26.2 Å². The van der Waals surface area contributed by atoms with Gasteiger partial charge in [-0.1, -0.05) is 73.7 Å². The molecule has 1 fully saturated rings. The zero-order valence-corrected chi connectivity index (χ0v) is 25.5. The second kappa shape index (κ2) is 14.2. The number of nitrogens with one attached hydrogen (secondary N) is 1. The standard InChI is InChI=1S/C32H37ClFN3O4S/c1-3-30(32(39)35-26-10-5-4-6-11-26)36(21-24-9-7-8-12-29(24)33)31(38)22-37(27-17-15-25(34)16-18-27)42(40,41)28-19-13-23(2)14-20-28/h7-9,12-20,26,30H,3-6,10-11,21-22H2,1-2H3,(H,35,39). The SMILES string of the molecule is CCC(C(=O)NC1CCCCC1)N(Cc1ccccc1Cl)C(=O)CN(c1ccc(F)cc1)S(=O)(=O)c1ccc(C)cc1. The molecule has 10 heteroatoms. The third kappa shape index (κ3) is 7.69. The number of anilines is 1. The van der Waals surface area contributed by atoms with E-state index in [0.717, 1.165) is 54.1 Å². The molecule has 4 rings (SSSR count). The van der Waals surface area contributed by atoms with Crippen LogP contribution in [0.4, 0.5) is 10.1 Å². The Morgan fingerprint density at radius 1 is 0.976 bits per heavy atom. The van der Waals surface area contributed by atoms with Crippen LogP contribution < -0.4 is 9.62 Å². The van der Waals surface area contributed by atoms with Gasteiger partial charge in [-0.25, -0.2) is 12.8 Å². The summed E-state index contributed by atoms with van der Waals surface area (Å²) in [5.41, 5.74) is 1.63. The van der Waals surface area contributed by atoms with Crippen LogP contribution in [0.15, 0.2) is 77.7 Å². The minimum Gasteiger partial charge on any atom is -0.352 e. The Morgan fingerprint density at radius 2 is 1.62 bits per heavy atom. The van der Waals surface area contributed by atoms with Gasteiger partial charge in [-0.15, -0.1) is 0 Å². The number of carbonyl (C=O) groups is 2. The molecule has 1 atom stereocenters. The second-order valence-corrected chi connectivity index (χ2v) is 13.0. The highest BCUT2D eigenvalue weighted by Crippen LogP contribution is 2.26. The first-order chi connectivity index (χ1) is 20.1. The fourth-order valence-corrected chi connectivity index (χ4v) is 6.86. The van der Waals surface area contributed by atoms with Crippen molar-refractivity contribution < 1.29 is 22.4 Å². The first kappa shape index (κ1) is 31.5. The van der Waals surface area contributed by atoms with E-state index in [4.69, 9.17) is 11.6 Å². The topological polar surface area (TPSA) is 86.8 Å². The van der Waals surface area contributed by atoms with Crippen LogP contribution in [0.1, 0.15) is 56.6 Å². The van der Waals surface area contributed by atoms with Gasteiger partial charge in [-0.3, -0.25) is 13.9 Å². The van der Waals surface area contributed by atoms with Gasteiger partial charge in [0.15, 0.2) is 0 Å². The molecule has 1 aliphatic carbocycles. The molecule has 1 N–H and O–H groups in total. The lowest BCUT2D eigenvalue weighted by Gasteiger charge is -2.34. The predicted octanol–water partition coefficient (Wildman–Crippen LogP) is 6.24. The van der Waals surface area contributed by atoms with Gasteiger partial charge in [-0.05, 0) is 74.2 Å². The van der Waals surface area contributed by atoms with E-state index < -0.39 is 34.3 Å². The van der Waals surface area contributed by atoms with Crippen LogP contribution in [0, 0.1) is 12.7 Å².